The maximum Gasteiger partial charge on any atom is 0.303 e. The molecule has 0 saturated carbocycles. The van der Waals surface area contributed by atoms with Crippen molar-refractivity contribution in [1.29, 1.82) is 0 Å². The highest BCUT2D eigenvalue weighted by molar-refractivity contribution is 7.87. The summed E-state index contributed by atoms with van der Waals surface area (Å²) in [6, 6.07) is 8.91. The lowest BCUT2D eigenvalue weighted by Gasteiger charge is -2.35. The third-order valence-electron chi connectivity index (χ3n) is 13.1. The van der Waals surface area contributed by atoms with Gasteiger partial charge >= 0.3 is 5.97 Å². The molecule has 2 aliphatic rings. The van der Waals surface area contributed by atoms with Crippen molar-refractivity contribution < 1.29 is 79.5 Å². The molecule has 0 amide bonds. The normalized spacial score (nSPS) is 20.7. The quantitative estimate of drug-likeness (QED) is 0.0292. The number of anilines is 2. The van der Waals surface area contributed by atoms with Crippen LogP contribution in [0, 0.1) is 0 Å². The van der Waals surface area contributed by atoms with Gasteiger partial charge in [-0.25, -0.2) is 0 Å². The van der Waals surface area contributed by atoms with E-state index in [9.17, 15) is 74.8 Å². The molecule has 70 heavy (non-hydrogen) atoms. The number of aliphatic carboxylic acids is 1. The molecular weight excluding hydrogens is 1020 g/mol. The molecule has 0 spiro atoms. The van der Waals surface area contributed by atoms with Gasteiger partial charge in [-0.1, -0.05) is 49.8 Å². The van der Waals surface area contributed by atoms with Crippen LogP contribution >= 0.6 is 0 Å². The smallest absolute Gasteiger partial charge is 0.303 e. The van der Waals surface area contributed by atoms with Crippen molar-refractivity contribution in [1.82, 2.24) is 0 Å². The molecule has 2 heterocycles. The first-order valence-corrected chi connectivity index (χ1v) is 29.1. The lowest BCUT2D eigenvalue weighted by Crippen LogP contribution is -2.42. The van der Waals surface area contributed by atoms with Crippen LogP contribution in [0.5, 0.6) is 0 Å². The summed E-state index contributed by atoms with van der Waals surface area (Å²) in [6.45, 7) is 6.22. The molecule has 6 rings (SSSR count). The van der Waals surface area contributed by atoms with E-state index in [0.29, 0.717) is 72.7 Å². The van der Waals surface area contributed by atoms with Crippen molar-refractivity contribution in [2.45, 2.75) is 102 Å². The molecule has 20 nitrogen and oxygen atoms in total. The van der Waals surface area contributed by atoms with Gasteiger partial charge in [-0.15, -0.1) is 0 Å². The van der Waals surface area contributed by atoms with Crippen LogP contribution in [-0.4, -0.2) is 115 Å². The Bertz CT molecular complexity index is 3430. The molecule has 0 saturated heterocycles. The third kappa shape index (κ3) is 11.1. The van der Waals surface area contributed by atoms with E-state index in [1.165, 1.54) is 19.2 Å². The average Bonchev–Trinajstić information content (AvgIpc) is 3.63. The lowest BCUT2D eigenvalue weighted by atomic mass is 9.73. The number of hydrogen-bond donors (Lipinski definition) is 6. The molecule has 382 valence electrons. The maximum atomic E-state index is 12.7. The number of likely N-dealkylation sites (N-methyl/N-ethyl adjacent to an activating group) is 1. The minimum Gasteiger partial charge on any atom is -0.481 e. The number of carbonyl (C=O) groups is 1. The number of benzene rings is 4. The van der Waals surface area contributed by atoms with E-state index in [-0.39, 0.29) is 53.8 Å². The van der Waals surface area contributed by atoms with E-state index >= 15 is 0 Å². The third-order valence-corrected chi connectivity index (χ3v) is 17.4. The first-order valence-electron chi connectivity index (χ1n) is 21.8. The highest BCUT2D eigenvalue weighted by Crippen LogP contribution is 2.55. The Kier molecular flexibility index (Phi) is 15.6. The number of fused-ring (bicyclic) bond motifs is 6. The van der Waals surface area contributed by atoms with Crippen molar-refractivity contribution in [2.75, 3.05) is 42.4 Å². The molecule has 0 bridgehead atoms. The van der Waals surface area contributed by atoms with Gasteiger partial charge in [-0.3, -0.25) is 27.6 Å². The molecule has 25 heteroatoms. The number of nitrogens with zero attached hydrogens (tertiary/aromatic N) is 2. The number of ether oxygens (including phenoxy) is 1. The highest BCUT2D eigenvalue weighted by Gasteiger charge is 2.48. The molecule has 0 fully saturated rings. The number of carboxylic acids is 1. The zero-order valence-electron chi connectivity index (χ0n) is 38.4. The fourth-order valence-corrected chi connectivity index (χ4v) is 13.2. The number of methoxy groups -OCH3 is 1. The Morgan fingerprint density at radius 2 is 1.23 bits per heavy atom. The van der Waals surface area contributed by atoms with E-state index in [0.717, 1.165) is 12.1 Å². The topological polar surface area (TPSA) is 325 Å². The van der Waals surface area contributed by atoms with E-state index in [2.05, 4.69) is 0 Å². The lowest BCUT2D eigenvalue weighted by molar-refractivity contribution is -0.137. The van der Waals surface area contributed by atoms with Gasteiger partial charge in [-0.05, 0) is 110 Å². The summed E-state index contributed by atoms with van der Waals surface area (Å²) in [5.74, 6) is -1.60. The first-order chi connectivity index (χ1) is 32.4. The minimum absolute atomic E-state index is 0.0210. The summed E-state index contributed by atoms with van der Waals surface area (Å²) in [5, 5.41) is 9.31. The van der Waals surface area contributed by atoms with Crippen LogP contribution in [0.15, 0.2) is 104 Å². The summed E-state index contributed by atoms with van der Waals surface area (Å²) in [7, 11) is -23.1. The second kappa shape index (κ2) is 20.0. The van der Waals surface area contributed by atoms with Gasteiger partial charge in [0.2, 0.25) is 0 Å². The molecule has 0 radical (unpaired) electrons. The van der Waals surface area contributed by atoms with Crippen LogP contribution in [-0.2, 0) is 71.0 Å². The van der Waals surface area contributed by atoms with Crippen molar-refractivity contribution in [3.05, 3.63) is 95.7 Å². The van der Waals surface area contributed by atoms with Crippen molar-refractivity contribution in [3.63, 3.8) is 0 Å². The Morgan fingerprint density at radius 1 is 0.671 bits per heavy atom. The first kappa shape index (κ1) is 54.5. The highest BCUT2D eigenvalue weighted by atomic mass is 32.2. The maximum absolute atomic E-state index is 12.7. The molecule has 4 aromatic rings. The molecule has 0 aromatic heterocycles. The molecule has 3 atom stereocenters. The van der Waals surface area contributed by atoms with Crippen molar-refractivity contribution in [2.24, 2.45) is 0 Å². The molecule has 0 aliphatic carbocycles. The van der Waals surface area contributed by atoms with E-state index < -0.39 is 98.8 Å². The van der Waals surface area contributed by atoms with Crippen LogP contribution in [0.2, 0.25) is 0 Å². The van der Waals surface area contributed by atoms with Crippen LogP contribution < -0.4 is 9.80 Å². The second-order valence-corrected chi connectivity index (χ2v) is 24.8. The van der Waals surface area contributed by atoms with Gasteiger partial charge in [-0.2, -0.15) is 42.1 Å². The molecule has 6 N–H and O–H groups in total. The van der Waals surface area contributed by atoms with Gasteiger partial charge in [0.1, 0.15) is 9.79 Å². The van der Waals surface area contributed by atoms with E-state index in [4.69, 9.17) is 4.74 Å². The zero-order valence-corrected chi connectivity index (χ0v) is 42.5. The van der Waals surface area contributed by atoms with Crippen molar-refractivity contribution in [3.8, 4) is 0 Å². The molecule has 3 unspecified atom stereocenters. The van der Waals surface area contributed by atoms with Crippen LogP contribution in [0.4, 0.5) is 11.4 Å². The minimum atomic E-state index is -5.07. The fraction of sp³-hybridized carbons (Fsp3) is 0.400. The van der Waals surface area contributed by atoms with Crippen LogP contribution in [0.1, 0.15) is 76.8 Å². The van der Waals surface area contributed by atoms with E-state index in [1.54, 1.807) is 49.4 Å². The summed E-state index contributed by atoms with van der Waals surface area (Å²) in [5.41, 5.74) is 0.303. The number of rotatable bonds is 21. The molecular formula is C45H54N2O18S5. The number of unbranched alkanes of at least 4 members (excludes halogenated alkanes) is 2. The fourth-order valence-electron chi connectivity index (χ4n) is 10.0. The summed E-state index contributed by atoms with van der Waals surface area (Å²) in [6.07, 6.45) is 10.2. The average molecular weight is 1070 g/mol. The van der Waals surface area contributed by atoms with Crippen LogP contribution in [0.3, 0.4) is 0 Å². The summed E-state index contributed by atoms with van der Waals surface area (Å²) >= 11 is 0. The summed E-state index contributed by atoms with van der Waals surface area (Å²) < 4.78 is 181. The standard InChI is InChI=1S/C45H54N2O18S5/c1-5-46-35-18-16-31-33(25-29(67(53,54)55)27-37(31)69(59,60)61)42(35)44(2,20-12-24-66(50,51)52)39(46)13-8-6-9-14-40-45(3,21-23-65-4)43-34-26-30(68(56,57)58)28-38(70(62,63)64)32(34)17-19-36(43)47(40)22-11-7-10-15-41(48)49/h6,8-9,13-14,16-19,25-28,39H,5,7,10-12,15,20-24H2,1-4H3,(H,48,49)(H,50,51,52)(H,53,54,55)(H,56,57,58)(H,59,60,61)(H,62,63,64). The SMILES string of the molecule is CCN1c2ccc3c(S(=O)(=O)O)cc(S(=O)(=O)O)cc3c2C(C)(CCCS(=O)(=O)O)C1C=CC=CC=C1N(CCCCCC(=O)O)c2ccc3c(S(=O)(=O)O)cc(S(=O)(=O)O)cc3c2C1(C)CCOC. The Hall–Kier alpha value is -4.80. The molecule has 4 aromatic carbocycles. The largest absolute Gasteiger partial charge is 0.481 e. The van der Waals surface area contributed by atoms with Gasteiger partial charge in [0.25, 0.3) is 50.6 Å². The van der Waals surface area contributed by atoms with Gasteiger partial charge in [0.05, 0.1) is 21.6 Å². The summed E-state index contributed by atoms with van der Waals surface area (Å²) in [4.78, 5) is 12.0. The predicted octanol–water partition coefficient (Wildman–Crippen LogP) is 6.57. The van der Waals surface area contributed by atoms with Gasteiger partial charge in [0.15, 0.2) is 0 Å². The number of allylic oxidation sites excluding steroid dienone is 5. The van der Waals surface area contributed by atoms with Gasteiger partial charge < -0.3 is 19.6 Å². The number of carboxylic acid groups (broad SMARTS) is 1. The molecule has 2 aliphatic heterocycles. The Balaban J connectivity index is 1.52. The second-order valence-electron chi connectivity index (χ2n) is 17.6. The van der Waals surface area contributed by atoms with E-state index in [1.807, 2.05) is 23.6 Å². The Labute approximate surface area is 407 Å². The van der Waals surface area contributed by atoms with Crippen molar-refractivity contribution >= 4 is 89.5 Å². The number of hydrogen-bond acceptors (Lipinski definition) is 14. The predicted molar refractivity (Wildman–Crippen MR) is 261 cm³/mol. The van der Waals surface area contributed by atoms with Crippen LogP contribution in [0.25, 0.3) is 21.5 Å². The van der Waals surface area contributed by atoms with Gasteiger partial charge in [0, 0.05) is 71.9 Å². The zero-order chi connectivity index (χ0) is 52.0. The Morgan fingerprint density at radius 3 is 1.73 bits per heavy atom. The monoisotopic (exact) mass is 1070 g/mol.